The predicted octanol–water partition coefficient (Wildman–Crippen LogP) is 10.4. The summed E-state index contributed by atoms with van der Waals surface area (Å²) in [6, 6.07) is 41.5. The molecule has 1 aliphatic heterocycles. The average molecular weight is 535 g/mol. The van der Waals surface area contributed by atoms with Crippen molar-refractivity contribution in [2.24, 2.45) is 0 Å². The number of fused-ring (bicyclic) bond motifs is 7. The van der Waals surface area contributed by atoms with Crippen molar-refractivity contribution in [1.29, 1.82) is 0 Å². The smallest absolute Gasteiger partial charge is 0.0702 e. The van der Waals surface area contributed by atoms with Crippen LogP contribution in [0.3, 0.4) is 0 Å². The van der Waals surface area contributed by atoms with Gasteiger partial charge in [0, 0.05) is 42.8 Å². The van der Waals surface area contributed by atoms with Gasteiger partial charge in [0.25, 0.3) is 0 Å². The highest BCUT2D eigenvalue weighted by Crippen LogP contribution is 2.45. The fraction of sp³-hybridized carbons (Fsp3) is 0.0811. The molecule has 3 heterocycles. The highest BCUT2D eigenvalue weighted by Gasteiger charge is 2.22. The number of thiophene rings is 1. The summed E-state index contributed by atoms with van der Waals surface area (Å²) < 4.78 is 5.12. The minimum atomic E-state index is 0.0885. The van der Waals surface area contributed by atoms with Gasteiger partial charge in [0.2, 0.25) is 0 Å². The van der Waals surface area contributed by atoms with Crippen LogP contribution in [0, 0.1) is 0 Å². The summed E-state index contributed by atoms with van der Waals surface area (Å²) in [7, 11) is 0. The van der Waals surface area contributed by atoms with Crippen LogP contribution in [-0.4, -0.2) is 4.57 Å². The first-order valence-electron chi connectivity index (χ1n) is 14.0. The number of nitrogens with one attached hydrogen (secondary N) is 1. The third-order valence-electron chi connectivity index (χ3n) is 7.67. The van der Waals surface area contributed by atoms with Crippen LogP contribution < -0.4 is 5.32 Å². The third-order valence-corrected chi connectivity index (χ3v) is 8.88. The standard InChI is InChI=1S/C35H24N2S.C2H6/c1-3-10-23(11-4-1)24-18-20-29(36-22-24)28-15-9-16-30-33(28)34-31(37(30)25-12-5-2-6-13-25)21-19-27-26-14-7-8-17-32(26)38-35(27)34;1-2/h1-22,29,36H;1-2H3. The van der Waals surface area contributed by atoms with Gasteiger partial charge in [0.1, 0.15) is 0 Å². The summed E-state index contributed by atoms with van der Waals surface area (Å²) in [5.41, 5.74) is 7.39. The second-order valence-corrected chi connectivity index (χ2v) is 10.9. The van der Waals surface area contributed by atoms with Crippen molar-refractivity contribution < 1.29 is 0 Å². The van der Waals surface area contributed by atoms with Gasteiger partial charge >= 0.3 is 0 Å². The number of dihydropyridines is 1. The van der Waals surface area contributed by atoms with E-state index in [1.165, 1.54) is 64.4 Å². The number of para-hydroxylation sites is 1. The maximum Gasteiger partial charge on any atom is 0.0702 e. The normalized spacial score (nSPS) is 14.8. The van der Waals surface area contributed by atoms with Crippen molar-refractivity contribution in [2.45, 2.75) is 19.9 Å². The van der Waals surface area contributed by atoms with Gasteiger partial charge in [-0.1, -0.05) is 111 Å². The molecule has 1 unspecified atom stereocenters. The second-order valence-electron chi connectivity index (χ2n) is 9.82. The van der Waals surface area contributed by atoms with Crippen molar-refractivity contribution in [1.82, 2.24) is 9.88 Å². The van der Waals surface area contributed by atoms with E-state index in [0.717, 1.165) is 0 Å². The Morgan fingerprint density at radius 3 is 2.15 bits per heavy atom. The number of hydrogen-bond acceptors (Lipinski definition) is 2. The lowest BCUT2D eigenvalue weighted by molar-refractivity contribution is 0.756. The molecule has 0 amide bonds. The zero-order valence-electron chi connectivity index (χ0n) is 22.6. The van der Waals surface area contributed by atoms with E-state index < -0.39 is 0 Å². The molecule has 7 aromatic rings. The molecule has 194 valence electrons. The average Bonchev–Trinajstić information content (AvgIpc) is 3.59. The lowest BCUT2D eigenvalue weighted by Gasteiger charge is -2.20. The fourth-order valence-corrected chi connectivity index (χ4v) is 7.20. The Hall–Kier alpha value is -4.60. The largest absolute Gasteiger partial charge is 0.380 e. The molecular formula is C37H30N2S. The van der Waals surface area contributed by atoms with Gasteiger partial charge in [-0.2, -0.15) is 0 Å². The second kappa shape index (κ2) is 10.2. The maximum atomic E-state index is 3.71. The third kappa shape index (κ3) is 3.85. The lowest BCUT2D eigenvalue weighted by atomic mass is 9.95. The first-order chi connectivity index (χ1) is 19.9. The van der Waals surface area contributed by atoms with Gasteiger partial charge in [0.05, 0.1) is 17.1 Å². The topological polar surface area (TPSA) is 17.0 Å². The zero-order valence-corrected chi connectivity index (χ0v) is 23.5. The Labute approximate surface area is 238 Å². The predicted molar refractivity (Wildman–Crippen MR) is 174 cm³/mol. The molecule has 1 aliphatic rings. The van der Waals surface area contributed by atoms with Gasteiger partial charge in [-0.05, 0) is 47.0 Å². The molecule has 3 heteroatoms. The molecule has 1 N–H and O–H groups in total. The van der Waals surface area contributed by atoms with E-state index in [1.54, 1.807) is 0 Å². The fourth-order valence-electron chi connectivity index (χ4n) is 5.95. The molecule has 5 aromatic carbocycles. The summed E-state index contributed by atoms with van der Waals surface area (Å²) in [6.45, 7) is 4.00. The number of benzene rings is 5. The number of nitrogens with zero attached hydrogens (tertiary/aromatic N) is 1. The quantitative estimate of drug-likeness (QED) is 0.239. The highest BCUT2D eigenvalue weighted by atomic mass is 32.1. The lowest BCUT2D eigenvalue weighted by Crippen LogP contribution is -2.16. The van der Waals surface area contributed by atoms with Crippen molar-refractivity contribution in [3.63, 3.8) is 0 Å². The van der Waals surface area contributed by atoms with Crippen molar-refractivity contribution in [3.05, 3.63) is 145 Å². The zero-order chi connectivity index (χ0) is 27.1. The Morgan fingerprint density at radius 1 is 0.650 bits per heavy atom. The number of aromatic nitrogens is 1. The minimum absolute atomic E-state index is 0.0885. The van der Waals surface area contributed by atoms with E-state index >= 15 is 0 Å². The molecule has 0 radical (unpaired) electrons. The van der Waals surface area contributed by atoms with Crippen LogP contribution in [0.1, 0.15) is 31.0 Å². The van der Waals surface area contributed by atoms with E-state index in [0.29, 0.717) is 0 Å². The maximum absolute atomic E-state index is 3.71. The van der Waals surface area contributed by atoms with Crippen LogP contribution in [0.15, 0.2) is 134 Å². The molecule has 0 saturated carbocycles. The molecule has 0 aliphatic carbocycles. The molecule has 2 nitrogen and oxygen atoms in total. The molecule has 0 bridgehead atoms. The van der Waals surface area contributed by atoms with Gasteiger partial charge < -0.3 is 9.88 Å². The van der Waals surface area contributed by atoms with Gasteiger partial charge in [-0.15, -0.1) is 11.3 Å². The van der Waals surface area contributed by atoms with Crippen LogP contribution in [0.25, 0.3) is 53.2 Å². The van der Waals surface area contributed by atoms with Gasteiger partial charge in [-0.25, -0.2) is 0 Å². The summed E-state index contributed by atoms with van der Waals surface area (Å²) in [4.78, 5) is 0. The van der Waals surface area contributed by atoms with Crippen LogP contribution in [0.2, 0.25) is 0 Å². The molecule has 0 saturated heterocycles. The van der Waals surface area contributed by atoms with Crippen LogP contribution in [0.5, 0.6) is 0 Å². The molecule has 0 fully saturated rings. The van der Waals surface area contributed by atoms with E-state index in [4.69, 9.17) is 0 Å². The van der Waals surface area contributed by atoms with E-state index in [-0.39, 0.29) is 6.04 Å². The first kappa shape index (κ1) is 24.4. The summed E-state index contributed by atoms with van der Waals surface area (Å²) in [6.07, 6.45) is 6.71. The highest BCUT2D eigenvalue weighted by molar-refractivity contribution is 7.26. The Balaban J connectivity index is 0.00000130. The monoisotopic (exact) mass is 534 g/mol. The molecular weight excluding hydrogens is 504 g/mol. The van der Waals surface area contributed by atoms with Crippen molar-refractivity contribution in [3.8, 4) is 5.69 Å². The Morgan fingerprint density at radius 2 is 1.38 bits per heavy atom. The van der Waals surface area contributed by atoms with Crippen LogP contribution in [-0.2, 0) is 0 Å². The van der Waals surface area contributed by atoms with Crippen molar-refractivity contribution in [2.75, 3.05) is 0 Å². The van der Waals surface area contributed by atoms with Gasteiger partial charge in [0.15, 0.2) is 0 Å². The van der Waals surface area contributed by atoms with Gasteiger partial charge in [-0.3, -0.25) is 0 Å². The summed E-state index contributed by atoms with van der Waals surface area (Å²) in [5, 5.41) is 9.03. The van der Waals surface area contributed by atoms with Crippen molar-refractivity contribution >= 4 is 58.9 Å². The summed E-state index contributed by atoms with van der Waals surface area (Å²) >= 11 is 1.90. The molecule has 0 spiro atoms. The summed E-state index contributed by atoms with van der Waals surface area (Å²) in [5.74, 6) is 0. The van der Waals surface area contributed by atoms with E-state index in [2.05, 4.69) is 143 Å². The number of hydrogen-bond donors (Lipinski definition) is 1. The minimum Gasteiger partial charge on any atom is -0.380 e. The Kier molecular flexibility index (Phi) is 6.22. The van der Waals surface area contributed by atoms with E-state index in [1.807, 2.05) is 25.2 Å². The first-order valence-corrected chi connectivity index (χ1v) is 14.8. The number of rotatable bonds is 3. The molecule has 2 aromatic heterocycles. The Bertz CT molecular complexity index is 2040. The number of allylic oxidation sites excluding steroid dienone is 2. The SMILES string of the molecule is C1=CC(c2cccc3c2c2c4sc5ccccc5c4ccc2n3-c2ccccc2)NC=C1c1ccccc1.CC. The molecule has 40 heavy (non-hydrogen) atoms. The molecule has 1 atom stereocenters. The van der Waals surface area contributed by atoms with Crippen LogP contribution in [0.4, 0.5) is 0 Å². The molecule has 8 rings (SSSR count). The van der Waals surface area contributed by atoms with Crippen LogP contribution >= 0.6 is 11.3 Å². The van der Waals surface area contributed by atoms with E-state index in [9.17, 15) is 0 Å².